The summed E-state index contributed by atoms with van der Waals surface area (Å²) in [7, 11) is 4.03. The molecule has 0 aliphatic carbocycles. The van der Waals surface area contributed by atoms with Crippen LogP contribution in [0.2, 0.25) is 0 Å². The highest BCUT2D eigenvalue weighted by molar-refractivity contribution is 6.09. The van der Waals surface area contributed by atoms with E-state index in [-0.39, 0.29) is 11.8 Å². The predicted molar refractivity (Wildman–Crippen MR) is 109 cm³/mol. The number of hydrogen-bond donors (Lipinski definition) is 1. The van der Waals surface area contributed by atoms with Crippen molar-refractivity contribution in [2.75, 3.05) is 38.6 Å². The van der Waals surface area contributed by atoms with Gasteiger partial charge in [-0.2, -0.15) is 0 Å². The zero-order valence-corrected chi connectivity index (χ0v) is 16.3. The van der Waals surface area contributed by atoms with E-state index in [0.29, 0.717) is 25.1 Å². The summed E-state index contributed by atoms with van der Waals surface area (Å²) in [5.74, 6) is -0.0998. The van der Waals surface area contributed by atoms with E-state index in [9.17, 15) is 9.59 Å². The number of amides is 2. The highest BCUT2D eigenvalue weighted by Gasteiger charge is 2.26. The number of hydrogen-bond acceptors (Lipinski definition) is 3. The van der Waals surface area contributed by atoms with E-state index < -0.39 is 0 Å². The summed E-state index contributed by atoms with van der Waals surface area (Å²) in [5, 5.41) is 2.97. The molecule has 142 valence electrons. The lowest BCUT2D eigenvalue weighted by molar-refractivity contribution is 0.0949. The number of nitrogens with zero attached hydrogens (tertiary/aromatic N) is 2. The molecule has 0 saturated heterocycles. The van der Waals surface area contributed by atoms with Gasteiger partial charge in [-0.3, -0.25) is 9.59 Å². The van der Waals surface area contributed by atoms with Crippen LogP contribution in [0, 0.1) is 0 Å². The van der Waals surface area contributed by atoms with Crippen molar-refractivity contribution in [2.24, 2.45) is 0 Å². The van der Waals surface area contributed by atoms with E-state index in [1.54, 1.807) is 4.90 Å². The average Bonchev–Trinajstić information content (AvgIpc) is 2.78. The molecule has 2 aromatic rings. The third-order valence-electron chi connectivity index (χ3n) is 4.90. The molecule has 2 aromatic carbocycles. The van der Waals surface area contributed by atoms with Gasteiger partial charge < -0.3 is 15.1 Å². The van der Waals surface area contributed by atoms with Crippen LogP contribution in [0.1, 0.15) is 45.2 Å². The Morgan fingerprint density at radius 1 is 1.15 bits per heavy atom. The summed E-state index contributed by atoms with van der Waals surface area (Å²) in [6.07, 6.45) is 1.59. The van der Waals surface area contributed by atoms with Crippen molar-refractivity contribution in [2.45, 2.75) is 19.8 Å². The molecule has 27 heavy (non-hydrogen) atoms. The second kappa shape index (κ2) is 8.35. The van der Waals surface area contributed by atoms with Crippen molar-refractivity contribution in [3.63, 3.8) is 0 Å². The van der Waals surface area contributed by atoms with E-state index in [2.05, 4.69) is 10.2 Å². The van der Waals surface area contributed by atoms with Gasteiger partial charge >= 0.3 is 0 Å². The first-order chi connectivity index (χ1) is 13.0. The summed E-state index contributed by atoms with van der Waals surface area (Å²) >= 11 is 0. The Hall–Kier alpha value is -2.66. The minimum absolute atomic E-state index is 0.00427. The summed E-state index contributed by atoms with van der Waals surface area (Å²) < 4.78 is 0. The fraction of sp³-hybridized carbons (Fsp3) is 0.364. The Balaban J connectivity index is 1.84. The van der Waals surface area contributed by atoms with Gasteiger partial charge in [-0.25, -0.2) is 0 Å². The highest BCUT2D eigenvalue weighted by atomic mass is 16.2. The number of carbonyl (C=O) groups excluding carboxylic acids is 2. The molecule has 5 nitrogen and oxygen atoms in total. The van der Waals surface area contributed by atoms with E-state index in [1.807, 2.05) is 63.5 Å². The first-order valence-corrected chi connectivity index (χ1v) is 9.47. The molecule has 0 aromatic heterocycles. The Morgan fingerprint density at radius 3 is 2.67 bits per heavy atom. The van der Waals surface area contributed by atoms with Gasteiger partial charge in [0.05, 0.1) is 0 Å². The largest absolute Gasteiger partial charge is 0.352 e. The third-order valence-corrected chi connectivity index (χ3v) is 4.90. The third kappa shape index (κ3) is 4.19. The van der Waals surface area contributed by atoms with Gasteiger partial charge in [0.15, 0.2) is 0 Å². The second-order valence-electron chi connectivity index (χ2n) is 7.14. The molecule has 0 spiro atoms. The van der Waals surface area contributed by atoms with Crippen molar-refractivity contribution < 1.29 is 9.59 Å². The zero-order chi connectivity index (χ0) is 19.4. The second-order valence-corrected chi connectivity index (χ2v) is 7.14. The van der Waals surface area contributed by atoms with Crippen LogP contribution in [0.25, 0.3) is 0 Å². The van der Waals surface area contributed by atoms with Crippen LogP contribution in [0.5, 0.6) is 0 Å². The molecule has 0 unspecified atom stereocenters. The first kappa shape index (κ1) is 19.1. The van der Waals surface area contributed by atoms with E-state index in [4.69, 9.17) is 0 Å². The molecule has 1 N–H and O–H groups in total. The van der Waals surface area contributed by atoms with Crippen LogP contribution in [0.3, 0.4) is 0 Å². The fourth-order valence-electron chi connectivity index (χ4n) is 3.46. The van der Waals surface area contributed by atoms with Crippen LogP contribution in [0.15, 0.2) is 42.5 Å². The van der Waals surface area contributed by atoms with Crippen LogP contribution in [-0.4, -0.2) is 50.4 Å². The Bertz CT molecular complexity index is 845. The van der Waals surface area contributed by atoms with E-state index in [0.717, 1.165) is 35.3 Å². The van der Waals surface area contributed by atoms with Crippen LogP contribution >= 0.6 is 0 Å². The van der Waals surface area contributed by atoms with Crippen molar-refractivity contribution in [3.05, 3.63) is 64.7 Å². The maximum Gasteiger partial charge on any atom is 0.258 e. The summed E-state index contributed by atoms with van der Waals surface area (Å²) in [5.41, 5.74) is 4.26. The van der Waals surface area contributed by atoms with Gasteiger partial charge in [0, 0.05) is 36.3 Å². The standard InChI is InChI=1S/C22H27N3O2/c1-4-25-20-15-18(21(26)23-12-7-13-24(2)3)11-10-17(20)14-16-8-5-6-9-19(16)22(25)27/h5-6,8-11,15H,4,7,12-14H2,1-3H3,(H,23,26). The van der Waals surface area contributed by atoms with Gasteiger partial charge in [-0.1, -0.05) is 24.3 Å². The van der Waals surface area contributed by atoms with Gasteiger partial charge in [0.25, 0.3) is 11.8 Å². The minimum Gasteiger partial charge on any atom is -0.352 e. The number of benzene rings is 2. The average molecular weight is 365 g/mol. The number of fused-ring (bicyclic) bond motifs is 2. The quantitative estimate of drug-likeness (QED) is 0.801. The number of anilines is 1. The van der Waals surface area contributed by atoms with Gasteiger partial charge in [-0.05, 0) is 63.3 Å². The van der Waals surface area contributed by atoms with Crippen molar-refractivity contribution in [3.8, 4) is 0 Å². The lowest BCUT2D eigenvalue weighted by Crippen LogP contribution is -2.31. The molecule has 0 atom stereocenters. The van der Waals surface area contributed by atoms with Gasteiger partial charge in [0.2, 0.25) is 0 Å². The maximum atomic E-state index is 13.0. The fourth-order valence-corrected chi connectivity index (χ4v) is 3.46. The van der Waals surface area contributed by atoms with Gasteiger partial charge in [0.1, 0.15) is 0 Å². The summed E-state index contributed by atoms with van der Waals surface area (Å²) in [4.78, 5) is 29.4. The molecule has 0 bridgehead atoms. The Morgan fingerprint density at radius 2 is 1.93 bits per heavy atom. The topological polar surface area (TPSA) is 52.7 Å². The summed E-state index contributed by atoms with van der Waals surface area (Å²) in [6.45, 7) is 4.09. The molecule has 1 aliphatic heterocycles. The smallest absolute Gasteiger partial charge is 0.258 e. The number of nitrogens with one attached hydrogen (secondary N) is 1. The molecular formula is C22H27N3O2. The SMILES string of the molecule is CCN1C(=O)c2ccccc2Cc2ccc(C(=O)NCCCN(C)C)cc21. The molecule has 3 rings (SSSR count). The van der Waals surface area contributed by atoms with Crippen LogP contribution in [0.4, 0.5) is 5.69 Å². The molecule has 1 aliphatic rings. The Kier molecular flexibility index (Phi) is 5.91. The molecule has 5 heteroatoms. The summed E-state index contributed by atoms with van der Waals surface area (Å²) in [6, 6.07) is 13.4. The predicted octanol–water partition coefficient (Wildman–Crippen LogP) is 2.94. The number of rotatable bonds is 6. The normalized spacial score (nSPS) is 13.2. The molecule has 2 amide bonds. The van der Waals surface area contributed by atoms with Crippen molar-refractivity contribution >= 4 is 17.5 Å². The monoisotopic (exact) mass is 365 g/mol. The number of carbonyl (C=O) groups is 2. The minimum atomic E-state index is -0.0955. The van der Waals surface area contributed by atoms with Crippen molar-refractivity contribution in [1.29, 1.82) is 0 Å². The first-order valence-electron chi connectivity index (χ1n) is 9.47. The molecular weight excluding hydrogens is 338 g/mol. The van der Waals surface area contributed by atoms with E-state index >= 15 is 0 Å². The molecule has 1 heterocycles. The maximum absolute atomic E-state index is 13.0. The zero-order valence-electron chi connectivity index (χ0n) is 16.3. The van der Waals surface area contributed by atoms with E-state index in [1.165, 1.54) is 0 Å². The van der Waals surface area contributed by atoms with Gasteiger partial charge in [-0.15, -0.1) is 0 Å². The molecule has 0 fully saturated rings. The highest BCUT2D eigenvalue weighted by Crippen LogP contribution is 2.31. The lowest BCUT2D eigenvalue weighted by atomic mass is 9.99. The van der Waals surface area contributed by atoms with Crippen molar-refractivity contribution in [1.82, 2.24) is 10.2 Å². The van der Waals surface area contributed by atoms with Crippen LogP contribution in [-0.2, 0) is 6.42 Å². The lowest BCUT2D eigenvalue weighted by Gasteiger charge is -2.22. The molecule has 0 radical (unpaired) electrons. The molecule has 0 saturated carbocycles. The Labute approximate surface area is 161 Å². The van der Waals surface area contributed by atoms with Crippen LogP contribution < -0.4 is 10.2 Å².